The van der Waals surface area contributed by atoms with E-state index in [2.05, 4.69) is 4.99 Å². The minimum Gasteiger partial charge on any atom is -0.403 e. The zero-order chi connectivity index (χ0) is 15.4. The second-order valence-electron chi connectivity index (χ2n) is 4.66. The van der Waals surface area contributed by atoms with Gasteiger partial charge in [-0.15, -0.1) is 0 Å². The number of esters is 1. The normalized spacial score (nSPS) is 16.1. The molecule has 0 spiro atoms. The molecule has 0 saturated heterocycles. The minimum absolute atomic E-state index is 0.280. The summed E-state index contributed by atoms with van der Waals surface area (Å²) >= 11 is 5.83. The first-order valence-corrected chi connectivity index (χ1v) is 7.10. The molecule has 0 N–H and O–H groups in total. The molecule has 4 heteroatoms. The Kier molecular flexibility index (Phi) is 4.17. The van der Waals surface area contributed by atoms with Gasteiger partial charge < -0.3 is 4.74 Å². The van der Waals surface area contributed by atoms with Gasteiger partial charge in [-0.1, -0.05) is 54.1 Å². The molecule has 2 aromatic rings. The van der Waals surface area contributed by atoms with E-state index < -0.39 is 5.97 Å². The Morgan fingerprint density at radius 1 is 0.909 bits per heavy atom. The van der Waals surface area contributed by atoms with Crippen LogP contribution in [0.1, 0.15) is 11.1 Å². The Labute approximate surface area is 133 Å². The van der Waals surface area contributed by atoms with Gasteiger partial charge in [-0.05, 0) is 35.4 Å². The average Bonchev–Trinajstić information content (AvgIpc) is 2.88. The van der Waals surface area contributed by atoms with Crippen LogP contribution in [0.3, 0.4) is 0 Å². The lowest BCUT2D eigenvalue weighted by molar-refractivity contribution is -0.129. The molecule has 108 valence electrons. The summed E-state index contributed by atoms with van der Waals surface area (Å²) in [6.07, 6.45) is 5.17. The predicted molar refractivity (Wildman–Crippen MR) is 88.4 cm³/mol. The zero-order valence-electron chi connectivity index (χ0n) is 11.6. The number of carbonyl (C=O) groups excluding carboxylic acids is 1. The summed E-state index contributed by atoms with van der Waals surface area (Å²) in [5.74, 6) is -0.165. The van der Waals surface area contributed by atoms with E-state index in [4.69, 9.17) is 16.3 Å². The Balaban J connectivity index is 1.78. The number of aliphatic imine (C=N–C) groups is 1. The molecule has 2 aromatic carbocycles. The summed E-state index contributed by atoms with van der Waals surface area (Å²) in [6, 6.07) is 16.9. The van der Waals surface area contributed by atoms with E-state index >= 15 is 0 Å². The highest BCUT2D eigenvalue weighted by Crippen LogP contribution is 2.17. The fraction of sp³-hybridized carbons (Fsp3) is 0. The topological polar surface area (TPSA) is 38.7 Å². The van der Waals surface area contributed by atoms with Gasteiger partial charge in [-0.25, -0.2) is 9.79 Å². The van der Waals surface area contributed by atoms with Gasteiger partial charge in [0.15, 0.2) is 5.70 Å². The number of carbonyl (C=O) groups is 1. The summed E-state index contributed by atoms with van der Waals surface area (Å²) in [5, 5.41) is 0.676. The lowest BCUT2D eigenvalue weighted by atomic mass is 10.2. The molecule has 1 aliphatic rings. The van der Waals surface area contributed by atoms with Crippen LogP contribution in [-0.4, -0.2) is 11.9 Å². The molecule has 3 rings (SSSR count). The largest absolute Gasteiger partial charge is 0.403 e. The fourth-order valence-corrected chi connectivity index (χ4v) is 2.07. The maximum absolute atomic E-state index is 11.8. The Hall–Kier alpha value is -2.65. The first-order valence-electron chi connectivity index (χ1n) is 6.72. The monoisotopic (exact) mass is 309 g/mol. The molecule has 0 amide bonds. The second-order valence-corrected chi connectivity index (χ2v) is 5.10. The standard InChI is InChI=1S/C18H12ClNO2/c19-15-9-6-13(7-10-15)8-11-17-20-16(18(21)22-17)12-14-4-2-1-3-5-14/h1-12H. The number of benzene rings is 2. The van der Waals surface area contributed by atoms with Crippen molar-refractivity contribution in [3.05, 3.63) is 82.5 Å². The van der Waals surface area contributed by atoms with Gasteiger partial charge in [0.2, 0.25) is 5.90 Å². The van der Waals surface area contributed by atoms with Gasteiger partial charge in [0.05, 0.1) is 0 Å². The number of hydrogen-bond acceptors (Lipinski definition) is 3. The lowest BCUT2D eigenvalue weighted by Gasteiger charge is -1.94. The van der Waals surface area contributed by atoms with E-state index in [9.17, 15) is 4.79 Å². The highest BCUT2D eigenvalue weighted by molar-refractivity contribution is 6.30. The van der Waals surface area contributed by atoms with Crippen molar-refractivity contribution < 1.29 is 9.53 Å². The fourth-order valence-electron chi connectivity index (χ4n) is 1.95. The van der Waals surface area contributed by atoms with E-state index in [1.54, 1.807) is 24.3 Å². The van der Waals surface area contributed by atoms with Gasteiger partial charge in [-0.2, -0.15) is 0 Å². The second kappa shape index (κ2) is 6.41. The molecule has 0 aliphatic carbocycles. The number of rotatable bonds is 3. The number of ether oxygens (including phenoxy) is 1. The molecule has 0 atom stereocenters. The van der Waals surface area contributed by atoms with Crippen LogP contribution in [0.2, 0.25) is 5.02 Å². The van der Waals surface area contributed by atoms with Crippen LogP contribution in [0.15, 0.2) is 71.4 Å². The van der Waals surface area contributed by atoms with Crippen molar-refractivity contribution in [2.45, 2.75) is 0 Å². The summed E-state index contributed by atoms with van der Waals surface area (Å²) in [6.45, 7) is 0. The molecule has 0 saturated carbocycles. The van der Waals surface area contributed by atoms with Crippen molar-refractivity contribution in [2.75, 3.05) is 0 Å². The SMILES string of the molecule is O=C1OC(C=Cc2ccc(Cl)cc2)=NC1=Cc1ccccc1. The van der Waals surface area contributed by atoms with Crippen LogP contribution < -0.4 is 0 Å². The van der Waals surface area contributed by atoms with Crippen LogP contribution in [0.5, 0.6) is 0 Å². The summed E-state index contributed by atoms with van der Waals surface area (Å²) < 4.78 is 5.12. The molecule has 0 aromatic heterocycles. The van der Waals surface area contributed by atoms with Crippen LogP contribution in [-0.2, 0) is 9.53 Å². The van der Waals surface area contributed by atoms with E-state index in [1.165, 1.54) is 0 Å². The lowest BCUT2D eigenvalue weighted by Crippen LogP contribution is -2.01. The van der Waals surface area contributed by atoms with Crippen LogP contribution >= 0.6 is 11.6 Å². The molecule has 0 bridgehead atoms. The van der Waals surface area contributed by atoms with Gasteiger partial charge in [0, 0.05) is 11.1 Å². The molecule has 1 aliphatic heterocycles. The number of hydrogen-bond donors (Lipinski definition) is 0. The molecule has 3 nitrogen and oxygen atoms in total. The van der Waals surface area contributed by atoms with Crippen molar-refractivity contribution in [3.63, 3.8) is 0 Å². The molecule has 1 heterocycles. The van der Waals surface area contributed by atoms with Crippen molar-refractivity contribution in [2.24, 2.45) is 4.99 Å². The average molecular weight is 310 g/mol. The quantitative estimate of drug-likeness (QED) is 0.624. The minimum atomic E-state index is -0.445. The summed E-state index contributed by atoms with van der Waals surface area (Å²) in [4.78, 5) is 16.0. The Morgan fingerprint density at radius 3 is 2.36 bits per heavy atom. The zero-order valence-corrected chi connectivity index (χ0v) is 12.3. The maximum Gasteiger partial charge on any atom is 0.363 e. The molecule has 0 radical (unpaired) electrons. The van der Waals surface area contributed by atoms with Crippen molar-refractivity contribution in [3.8, 4) is 0 Å². The Bertz CT molecular complexity index is 774. The highest BCUT2D eigenvalue weighted by atomic mass is 35.5. The molecular weight excluding hydrogens is 298 g/mol. The van der Waals surface area contributed by atoms with Crippen LogP contribution in [0.4, 0.5) is 0 Å². The first kappa shape index (κ1) is 14.3. The van der Waals surface area contributed by atoms with Gasteiger partial charge >= 0.3 is 5.97 Å². The number of halogens is 1. The first-order chi connectivity index (χ1) is 10.7. The third-order valence-corrected chi connectivity index (χ3v) is 3.28. The van der Waals surface area contributed by atoms with Crippen molar-refractivity contribution >= 4 is 35.6 Å². The third kappa shape index (κ3) is 3.51. The van der Waals surface area contributed by atoms with Crippen molar-refractivity contribution in [1.82, 2.24) is 0 Å². The molecular formula is C18H12ClNO2. The van der Waals surface area contributed by atoms with E-state index in [0.717, 1.165) is 11.1 Å². The summed E-state index contributed by atoms with van der Waals surface area (Å²) in [5.41, 5.74) is 2.15. The van der Waals surface area contributed by atoms with Crippen LogP contribution in [0, 0.1) is 0 Å². The third-order valence-electron chi connectivity index (χ3n) is 3.03. The van der Waals surface area contributed by atoms with Gasteiger partial charge in [0.25, 0.3) is 0 Å². The van der Waals surface area contributed by atoms with Gasteiger partial charge in [-0.3, -0.25) is 0 Å². The van der Waals surface area contributed by atoms with Crippen LogP contribution in [0.25, 0.3) is 12.2 Å². The highest BCUT2D eigenvalue weighted by Gasteiger charge is 2.20. The number of nitrogens with zero attached hydrogens (tertiary/aromatic N) is 1. The van der Waals surface area contributed by atoms with E-state index in [-0.39, 0.29) is 5.90 Å². The van der Waals surface area contributed by atoms with Gasteiger partial charge in [0.1, 0.15) is 0 Å². The predicted octanol–water partition coefficient (Wildman–Crippen LogP) is 4.35. The molecule has 22 heavy (non-hydrogen) atoms. The smallest absolute Gasteiger partial charge is 0.363 e. The Morgan fingerprint density at radius 2 is 1.64 bits per heavy atom. The summed E-state index contributed by atoms with van der Waals surface area (Å²) in [7, 11) is 0. The van der Waals surface area contributed by atoms with Crippen molar-refractivity contribution in [1.29, 1.82) is 0 Å². The maximum atomic E-state index is 11.8. The number of cyclic esters (lactones) is 1. The van der Waals surface area contributed by atoms with E-state index in [1.807, 2.05) is 48.5 Å². The molecule has 0 unspecified atom stereocenters. The molecule has 0 fully saturated rings. The van der Waals surface area contributed by atoms with E-state index in [0.29, 0.717) is 10.7 Å².